The summed E-state index contributed by atoms with van der Waals surface area (Å²) in [4.78, 5) is 11.4. The Morgan fingerprint density at radius 2 is 1.75 bits per heavy atom. The Bertz CT molecular complexity index is 719. The van der Waals surface area contributed by atoms with Crippen molar-refractivity contribution in [3.63, 3.8) is 0 Å². The Labute approximate surface area is 142 Å². The van der Waals surface area contributed by atoms with Crippen LogP contribution in [0.1, 0.15) is 12.0 Å². The quantitative estimate of drug-likeness (QED) is 0.310. The summed E-state index contributed by atoms with van der Waals surface area (Å²) < 4.78 is 15.4. The molecule has 128 valence electrons. The van der Waals surface area contributed by atoms with Gasteiger partial charge in [0.15, 0.2) is 0 Å². The number of carbonyl (C=O) groups excluding carboxylic acids is 1. The summed E-state index contributed by atoms with van der Waals surface area (Å²) in [6.07, 6.45) is 0.166. The minimum Gasteiger partial charge on any atom is -0.321 e. The van der Waals surface area contributed by atoms with Gasteiger partial charge in [0, 0.05) is 24.0 Å². The topological polar surface area (TPSA) is 87.5 Å². The highest BCUT2D eigenvalue weighted by Crippen LogP contribution is 2.47. The average molecular weight is 346 g/mol. The normalized spacial score (nSPS) is 13.3. The summed E-state index contributed by atoms with van der Waals surface area (Å²) in [7, 11) is -1.37. The Balaban J connectivity index is 2.29. The predicted molar refractivity (Wildman–Crippen MR) is 98.1 cm³/mol. The number of hydrogen-bond acceptors (Lipinski definition) is 3. The van der Waals surface area contributed by atoms with Crippen molar-refractivity contribution < 1.29 is 9.36 Å². The van der Waals surface area contributed by atoms with Gasteiger partial charge in [-0.15, -0.1) is 0 Å². The van der Waals surface area contributed by atoms with Crippen molar-refractivity contribution in [2.75, 3.05) is 18.7 Å². The van der Waals surface area contributed by atoms with Crippen LogP contribution in [-0.4, -0.2) is 24.2 Å². The lowest BCUT2D eigenvalue weighted by atomic mass is 10.2. The number of nitrogens with zero attached hydrogens (tertiary/aromatic N) is 1. The van der Waals surface area contributed by atoms with Crippen LogP contribution in [0.5, 0.6) is 0 Å². The average Bonchev–Trinajstić information content (AvgIpc) is 2.61. The van der Waals surface area contributed by atoms with Gasteiger partial charge in [-0.1, -0.05) is 35.9 Å². The van der Waals surface area contributed by atoms with Gasteiger partial charge in [0.05, 0.1) is 0 Å². The van der Waals surface area contributed by atoms with E-state index in [0.29, 0.717) is 11.8 Å². The van der Waals surface area contributed by atoms with E-state index in [4.69, 9.17) is 5.84 Å². The van der Waals surface area contributed by atoms with Crippen LogP contribution in [0.3, 0.4) is 0 Å². The monoisotopic (exact) mass is 346 g/mol. The lowest BCUT2D eigenvalue weighted by Crippen LogP contribution is -2.34. The molecule has 1 atom stereocenters. The van der Waals surface area contributed by atoms with Crippen molar-refractivity contribution in [3.05, 3.63) is 60.2 Å². The van der Waals surface area contributed by atoms with Crippen molar-refractivity contribution in [2.45, 2.75) is 13.3 Å². The first-order valence-electron chi connectivity index (χ1n) is 7.67. The third-order valence-corrected chi connectivity index (χ3v) is 6.46. The highest BCUT2D eigenvalue weighted by atomic mass is 31.2. The van der Waals surface area contributed by atoms with E-state index in [0.717, 1.165) is 11.3 Å². The molecule has 0 bridgehead atoms. The fraction of sp³-hybridized carbons (Fsp3) is 0.235. The van der Waals surface area contributed by atoms with Gasteiger partial charge >= 0.3 is 0 Å². The number of amides is 1. The number of benzene rings is 2. The van der Waals surface area contributed by atoms with Crippen molar-refractivity contribution in [1.82, 2.24) is 10.1 Å². The second kappa shape index (κ2) is 8.11. The van der Waals surface area contributed by atoms with Gasteiger partial charge in [0.2, 0.25) is 5.91 Å². The number of carbonyl (C=O) groups is 1. The standard InChI is InChI=1S/C17H23N4O2P/c1-14-8-10-15(11-9-14)20-24(23,16-6-4-3-5-7-16)21(2)13-12-17(22)19-18/h3-11H,12-13,18H2,1-2H3,(H,19,22)(H,20,23). The molecule has 0 aromatic heterocycles. The van der Waals surface area contributed by atoms with Crippen LogP contribution in [0.15, 0.2) is 54.6 Å². The summed E-state index contributed by atoms with van der Waals surface area (Å²) in [5.74, 6) is 4.82. The lowest BCUT2D eigenvalue weighted by molar-refractivity contribution is -0.121. The molecule has 0 spiro atoms. The van der Waals surface area contributed by atoms with Crippen LogP contribution < -0.4 is 21.7 Å². The van der Waals surface area contributed by atoms with Crippen LogP contribution in [0.2, 0.25) is 0 Å². The molecule has 0 aliphatic carbocycles. The first-order chi connectivity index (χ1) is 11.5. The molecular weight excluding hydrogens is 323 g/mol. The van der Waals surface area contributed by atoms with Crippen molar-refractivity contribution >= 4 is 24.3 Å². The molecule has 6 nitrogen and oxygen atoms in total. The zero-order valence-electron chi connectivity index (χ0n) is 13.9. The first kappa shape index (κ1) is 18.2. The van der Waals surface area contributed by atoms with E-state index in [1.54, 1.807) is 11.7 Å². The number of nitrogens with two attached hydrogens (primary N) is 1. The highest BCUT2D eigenvalue weighted by Gasteiger charge is 2.30. The van der Waals surface area contributed by atoms with Crippen molar-refractivity contribution in [3.8, 4) is 0 Å². The molecule has 0 aliphatic rings. The molecule has 7 heteroatoms. The van der Waals surface area contributed by atoms with E-state index in [9.17, 15) is 9.36 Å². The molecule has 0 heterocycles. The summed E-state index contributed by atoms with van der Waals surface area (Å²) in [6, 6.07) is 16.9. The fourth-order valence-electron chi connectivity index (χ4n) is 2.26. The molecule has 2 aromatic rings. The zero-order chi connectivity index (χ0) is 17.6. The molecule has 0 saturated carbocycles. The Kier molecular flexibility index (Phi) is 6.15. The highest BCUT2D eigenvalue weighted by molar-refractivity contribution is 7.70. The van der Waals surface area contributed by atoms with Crippen LogP contribution in [-0.2, 0) is 9.36 Å². The number of anilines is 1. The zero-order valence-corrected chi connectivity index (χ0v) is 14.8. The second-order valence-corrected chi connectivity index (χ2v) is 8.16. The van der Waals surface area contributed by atoms with Gasteiger partial charge in [-0.3, -0.25) is 14.8 Å². The number of hydrogen-bond donors (Lipinski definition) is 3. The number of aryl methyl sites for hydroxylation is 1. The Morgan fingerprint density at radius 3 is 2.33 bits per heavy atom. The van der Waals surface area contributed by atoms with Crippen LogP contribution in [0, 0.1) is 6.92 Å². The predicted octanol–water partition coefficient (Wildman–Crippen LogP) is 2.24. The summed E-state index contributed by atoms with van der Waals surface area (Å²) in [5.41, 5.74) is 3.99. The van der Waals surface area contributed by atoms with E-state index in [1.165, 1.54) is 0 Å². The van der Waals surface area contributed by atoms with E-state index in [1.807, 2.05) is 61.5 Å². The third kappa shape index (κ3) is 4.45. The van der Waals surface area contributed by atoms with Gasteiger partial charge < -0.3 is 5.09 Å². The molecule has 4 N–H and O–H groups in total. The van der Waals surface area contributed by atoms with Gasteiger partial charge in [-0.2, -0.15) is 0 Å². The van der Waals surface area contributed by atoms with Gasteiger partial charge in [0.1, 0.15) is 0 Å². The minimum absolute atomic E-state index is 0.166. The summed E-state index contributed by atoms with van der Waals surface area (Å²) in [5, 5.41) is 3.84. The van der Waals surface area contributed by atoms with E-state index >= 15 is 0 Å². The van der Waals surface area contributed by atoms with Gasteiger partial charge in [-0.25, -0.2) is 10.5 Å². The molecular formula is C17H23N4O2P. The largest absolute Gasteiger partial charge is 0.321 e. The first-order valence-corrected chi connectivity index (χ1v) is 9.33. The van der Waals surface area contributed by atoms with Crippen molar-refractivity contribution in [2.24, 2.45) is 5.84 Å². The van der Waals surface area contributed by atoms with Gasteiger partial charge in [-0.05, 0) is 38.2 Å². The Hall–Kier alpha value is -2.14. The van der Waals surface area contributed by atoms with Crippen LogP contribution in [0.25, 0.3) is 0 Å². The second-order valence-electron chi connectivity index (χ2n) is 5.59. The van der Waals surface area contributed by atoms with E-state index < -0.39 is 7.44 Å². The van der Waals surface area contributed by atoms with E-state index in [2.05, 4.69) is 10.5 Å². The molecule has 1 amide bonds. The molecule has 24 heavy (non-hydrogen) atoms. The maximum absolute atomic E-state index is 13.7. The number of rotatable bonds is 7. The molecule has 0 saturated heterocycles. The van der Waals surface area contributed by atoms with Gasteiger partial charge in [0.25, 0.3) is 7.44 Å². The molecule has 1 unspecified atom stereocenters. The maximum atomic E-state index is 13.7. The smallest absolute Gasteiger partial charge is 0.266 e. The summed E-state index contributed by atoms with van der Waals surface area (Å²) in [6.45, 7) is 2.31. The number of nitrogens with one attached hydrogen (secondary N) is 2. The maximum Gasteiger partial charge on any atom is 0.266 e. The molecule has 2 aromatic carbocycles. The SMILES string of the molecule is Cc1ccc(NP(=O)(c2ccccc2)N(C)CCC(=O)NN)cc1. The molecule has 2 rings (SSSR count). The fourth-order valence-corrected chi connectivity index (χ4v) is 4.41. The van der Waals surface area contributed by atoms with E-state index in [-0.39, 0.29) is 12.3 Å². The molecule has 0 radical (unpaired) electrons. The van der Waals surface area contributed by atoms with Crippen molar-refractivity contribution in [1.29, 1.82) is 0 Å². The Morgan fingerprint density at radius 1 is 1.12 bits per heavy atom. The minimum atomic E-state index is -3.10. The molecule has 0 fully saturated rings. The van der Waals surface area contributed by atoms with Crippen LogP contribution >= 0.6 is 7.44 Å². The summed E-state index contributed by atoms with van der Waals surface area (Å²) >= 11 is 0. The third-order valence-electron chi connectivity index (χ3n) is 3.74. The number of hydrazine groups is 1. The van der Waals surface area contributed by atoms with Crippen LogP contribution in [0.4, 0.5) is 5.69 Å². The lowest BCUT2D eigenvalue weighted by Gasteiger charge is -2.29. The molecule has 0 aliphatic heterocycles.